The molecule has 0 N–H and O–H groups in total. The Morgan fingerprint density at radius 1 is 1.64 bits per heavy atom. The van der Waals surface area contributed by atoms with E-state index < -0.39 is 0 Å². The number of hydrogen-bond donors (Lipinski definition) is 0. The fraction of sp³-hybridized carbons (Fsp3) is 0.556. The van der Waals surface area contributed by atoms with Crippen molar-refractivity contribution in [2.75, 3.05) is 25.1 Å². The van der Waals surface area contributed by atoms with E-state index in [1.807, 2.05) is 11.8 Å². The summed E-state index contributed by atoms with van der Waals surface area (Å²) in [6.45, 7) is 1.09. The maximum atomic E-state index is 5.84. The standard InChI is InChI=1S/C9H12ClN3S/c1-13-4-5-14-6-7(13)9-11-3-2-8(10)12-9/h2-3,7H,4-6H2,1H3. The molecule has 2 heterocycles. The molecule has 3 nitrogen and oxygen atoms in total. The fourth-order valence-electron chi connectivity index (χ4n) is 1.47. The summed E-state index contributed by atoms with van der Waals surface area (Å²) in [5.41, 5.74) is 0. The lowest BCUT2D eigenvalue weighted by molar-refractivity contribution is 0.264. The van der Waals surface area contributed by atoms with Gasteiger partial charge in [-0.05, 0) is 13.1 Å². The number of nitrogens with zero attached hydrogens (tertiary/aromatic N) is 3. The summed E-state index contributed by atoms with van der Waals surface area (Å²) in [5.74, 6) is 3.08. The molecular formula is C9H12ClN3S. The second-order valence-electron chi connectivity index (χ2n) is 3.31. The van der Waals surface area contributed by atoms with E-state index >= 15 is 0 Å². The second-order valence-corrected chi connectivity index (χ2v) is 4.85. The lowest BCUT2D eigenvalue weighted by atomic mass is 10.2. The van der Waals surface area contributed by atoms with Gasteiger partial charge >= 0.3 is 0 Å². The van der Waals surface area contributed by atoms with Crippen molar-refractivity contribution in [3.05, 3.63) is 23.2 Å². The lowest BCUT2D eigenvalue weighted by Crippen LogP contribution is -2.33. The highest BCUT2D eigenvalue weighted by Gasteiger charge is 2.23. The molecule has 0 aromatic carbocycles. The molecule has 0 aliphatic carbocycles. The SMILES string of the molecule is CN1CCSCC1c1nccc(Cl)n1. The molecule has 2 rings (SSSR count). The zero-order chi connectivity index (χ0) is 9.97. The minimum atomic E-state index is 0.312. The molecule has 1 aromatic rings. The van der Waals surface area contributed by atoms with Crippen molar-refractivity contribution in [3.8, 4) is 0 Å². The van der Waals surface area contributed by atoms with E-state index in [0.29, 0.717) is 11.2 Å². The van der Waals surface area contributed by atoms with Gasteiger partial charge in [0.1, 0.15) is 11.0 Å². The quantitative estimate of drug-likeness (QED) is 0.688. The van der Waals surface area contributed by atoms with E-state index in [0.717, 1.165) is 18.1 Å². The van der Waals surface area contributed by atoms with Gasteiger partial charge < -0.3 is 0 Å². The fourth-order valence-corrected chi connectivity index (χ4v) is 2.82. The highest BCUT2D eigenvalue weighted by atomic mass is 35.5. The molecule has 1 aromatic heterocycles. The molecule has 0 radical (unpaired) electrons. The van der Waals surface area contributed by atoms with Crippen molar-refractivity contribution < 1.29 is 0 Å². The number of aromatic nitrogens is 2. The van der Waals surface area contributed by atoms with Gasteiger partial charge in [-0.3, -0.25) is 4.90 Å². The third-order valence-electron chi connectivity index (χ3n) is 2.33. The summed E-state index contributed by atoms with van der Waals surface area (Å²) in [6, 6.07) is 2.02. The number of thioether (sulfide) groups is 1. The molecule has 1 aliphatic rings. The average Bonchev–Trinajstić information content (AvgIpc) is 2.18. The minimum absolute atomic E-state index is 0.312. The molecule has 76 valence electrons. The van der Waals surface area contributed by atoms with Crippen molar-refractivity contribution in [2.45, 2.75) is 6.04 Å². The van der Waals surface area contributed by atoms with E-state index in [1.165, 1.54) is 5.75 Å². The van der Waals surface area contributed by atoms with E-state index in [4.69, 9.17) is 11.6 Å². The van der Waals surface area contributed by atoms with Crippen LogP contribution < -0.4 is 0 Å². The lowest BCUT2D eigenvalue weighted by Gasteiger charge is -2.30. The van der Waals surface area contributed by atoms with Gasteiger partial charge in [-0.2, -0.15) is 11.8 Å². The molecule has 0 spiro atoms. The Hall–Kier alpha value is -0.320. The van der Waals surface area contributed by atoms with Gasteiger partial charge in [-0.1, -0.05) is 11.6 Å². The molecular weight excluding hydrogens is 218 g/mol. The maximum absolute atomic E-state index is 5.84. The summed E-state index contributed by atoms with van der Waals surface area (Å²) in [4.78, 5) is 10.8. The van der Waals surface area contributed by atoms with Gasteiger partial charge in [0.2, 0.25) is 0 Å². The Labute approximate surface area is 92.9 Å². The molecule has 1 saturated heterocycles. The molecule has 1 unspecified atom stereocenters. The van der Waals surface area contributed by atoms with Crippen LogP contribution in [0.25, 0.3) is 0 Å². The van der Waals surface area contributed by atoms with Crippen molar-refractivity contribution in [2.24, 2.45) is 0 Å². The van der Waals surface area contributed by atoms with Crippen LogP contribution in [-0.2, 0) is 0 Å². The predicted molar refractivity (Wildman–Crippen MR) is 59.7 cm³/mol. The van der Waals surface area contributed by atoms with Crippen LogP contribution >= 0.6 is 23.4 Å². The van der Waals surface area contributed by atoms with Crippen LogP contribution in [0.1, 0.15) is 11.9 Å². The van der Waals surface area contributed by atoms with E-state index in [9.17, 15) is 0 Å². The summed E-state index contributed by atoms with van der Waals surface area (Å²) in [7, 11) is 2.11. The van der Waals surface area contributed by atoms with E-state index in [-0.39, 0.29) is 0 Å². The maximum Gasteiger partial charge on any atom is 0.147 e. The first-order valence-electron chi connectivity index (χ1n) is 4.54. The zero-order valence-electron chi connectivity index (χ0n) is 7.98. The summed E-state index contributed by atoms with van der Waals surface area (Å²) in [5, 5.41) is 0.527. The molecule has 14 heavy (non-hydrogen) atoms. The molecule has 0 bridgehead atoms. The first-order chi connectivity index (χ1) is 6.77. The van der Waals surface area contributed by atoms with Crippen molar-refractivity contribution in [1.29, 1.82) is 0 Å². The topological polar surface area (TPSA) is 29.0 Å². The first-order valence-corrected chi connectivity index (χ1v) is 6.07. The van der Waals surface area contributed by atoms with Gasteiger partial charge in [0.25, 0.3) is 0 Å². The average molecular weight is 230 g/mol. The van der Waals surface area contributed by atoms with Crippen LogP contribution in [0.15, 0.2) is 12.3 Å². The number of halogens is 1. The van der Waals surface area contributed by atoms with Crippen molar-refractivity contribution in [3.63, 3.8) is 0 Å². The van der Waals surface area contributed by atoms with Crippen molar-refractivity contribution in [1.82, 2.24) is 14.9 Å². The van der Waals surface area contributed by atoms with Gasteiger partial charge in [0, 0.05) is 24.2 Å². The number of hydrogen-bond acceptors (Lipinski definition) is 4. The van der Waals surface area contributed by atoms with E-state index in [2.05, 4.69) is 21.9 Å². The molecule has 1 fully saturated rings. The predicted octanol–water partition coefficient (Wildman–Crippen LogP) is 1.85. The van der Waals surface area contributed by atoms with Crippen LogP contribution in [0.2, 0.25) is 5.15 Å². The Bertz CT molecular complexity index is 321. The molecule has 1 aliphatic heterocycles. The smallest absolute Gasteiger partial charge is 0.147 e. The highest BCUT2D eigenvalue weighted by molar-refractivity contribution is 7.99. The van der Waals surface area contributed by atoms with E-state index in [1.54, 1.807) is 12.3 Å². The van der Waals surface area contributed by atoms with Gasteiger partial charge in [0.15, 0.2) is 0 Å². The molecule has 0 saturated carbocycles. The molecule has 1 atom stereocenters. The summed E-state index contributed by atoms with van der Waals surface area (Å²) < 4.78 is 0. The van der Waals surface area contributed by atoms with Crippen LogP contribution in [0.4, 0.5) is 0 Å². The first kappa shape index (κ1) is 10.2. The monoisotopic (exact) mass is 229 g/mol. The minimum Gasteiger partial charge on any atom is -0.295 e. The summed E-state index contributed by atoms with van der Waals surface area (Å²) >= 11 is 7.78. The normalized spacial score (nSPS) is 23.7. The molecule has 5 heteroatoms. The third-order valence-corrected chi connectivity index (χ3v) is 3.57. The van der Waals surface area contributed by atoms with Crippen LogP contribution in [0, 0.1) is 0 Å². The molecule has 0 amide bonds. The van der Waals surface area contributed by atoms with Crippen LogP contribution in [-0.4, -0.2) is 40.0 Å². The van der Waals surface area contributed by atoms with Gasteiger partial charge in [0.05, 0.1) is 6.04 Å². The zero-order valence-corrected chi connectivity index (χ0v) is 9.55. The Kier molecular flexibility index (Phi) is 3.26. The third kappa shape index (κ3) is 2.19. The Balaban J connectivity index is 2.20. The Morgan fingerprint density at radius 2 is 2.50 bits per heavy atom. The Morgan fingerprint density at radius 3 is 3.21 bits per heavy atom. The van der Waals surface area contributed by atoms with Gasteiger partial charge in [-0.25, -0.2) is 9.97 Å². The largest absolute Gasteiger partial charge is 0.295 e. The summed E-state index contributed by atoms with van der Waals surface area (Å²) in [6.07, 6.45) is 1.72. The van der Waals surface area contributed by atoms with Crippen LogP contribution in [0.3, 0.4) is 0 Å². The van der Waals surface area contributed by atoms with Crippen molar-refractivity contribution >= 4 is 23.4 Å². The van der Waals surface area contributed by atoms with Crippen LogP contribution in [0.5, 0.6) is 0 Å². The van der Waals surface area contributed by atoms with Gasteiger partial charge in [-0.15, -0.1) is 0 Å². The second kappa shape index (κ2) is 4.47. The number of rotatable bonds is 1. The highest BCUT2D eigenvalue weighted by Crippen LogP contribution is 2.25.